The monoisotopic (exact) mass is 278 g/mol. The molecule has 0 aromatic rings. The summed E-state index contributed by atoms with van der Waals surface area (Å²) < 4.78 is 5.43. The molecule has 0 aromatic carbocycles. The summed E-state index contributed by atoms with van der Waals surface area (Å²) >= 11 is 0. The van der Waals surface area contributed by atoms with Crippen molar-refractivity contribution in [2.75, 3.05) is 7.11 Å². The average Bonchev–Trinajstić information content (AvgIpc) is 2.85. The van der Waals surface area contributed by atoms with E-state index in [0.29, 0.717) is 6.42 Å². The Morgan fingerprint density at radius 2 is 1.85 bits per heavy atom. The van der Waals surface area contributed by atoms with E-state index >= 15 is 0 Å². The summed E-state index contributed by atoms with van der Waals surface area (Å²) in [7, 11) is 1.65. The number of ether oxygens (including phenoxy) is 1. The summed E-state index contributed by atoms with van der Waals surface area (Å²) in [5.41, 5.74) is 1.23. The third kappa shape index (κ3) is 5.62. The van der Waals surface area contributed by atoms with Crippen molar-refractivity contribution < 1.29 is 9.53 Å². The molecule has 0 radical (unpaired) electrons. The lowest BCUT2D eigenvalue weighted by Crippen LogP contribution is -2.30. The van der Waals surface area contributed by atoms with Gasteiger partial charge in [0.25, 0.3) is 0 Å². The van der Waals surface area contributed by atoms with E-state index in [0.717, 1.165) is 6.42 Å². The average molecular weight is 278 g/mol. The van der Waals surface area contributed by atoms with Gasteiger partial charge in [-0.25, -0.2) is 0 Å². The molecule has 0 amide bonds. The highest BCUT2D eigenvalue weighted by Crippen LogP contribution is 2.25. The van der Waals surface area contributed by atoms with Crippen molar-refractivity contribution >= 4 is 5.78 Å². The van der Waals surface area contributed by atoms with E-state index < -0.39 is 0 Å². The smallest absolute Gasteiger partial charge is 0.162 e. The van der Waals surface area contributed by atoms with Crippen LogP contribution in [0.25, 0.3) is 0 Å². The largest absolute Gasteiger partial charge is 0.373 e. The molecule has 2 atom stereocenters. The zero-order valence-electron chi connectivity index (χ0n) is 13.4. The first-order chi connectivity index (χ1) is 9.70. The summed E-state index contributed by atoms with van der Waals surface area (Å²) in [4.78, 5) is 12.3. The maximum absolute atomic E-state index is 12.3. The fourth-order valence-electron chi connectivity index (χ4n) is 2.81. The van der Waals surface area contributed by atoms with E-state index in [1.165, 1.54) is 44.1 Å². The van der Waals surface area contributed by atoms with Crippen LogP contribution in [0.4, 0.5) is 0 Å². The molecule has 0 saturated heterocycles. The van der Waals surface area contributed by atoms with Gasteiger partial charge in [0.15, 0.2) is 5.78 Å². The Kier molecular flexibility index (Phi) is 8.52. The van der Waals surface area contributed by atoms with Crippen LogP contribution in [0.2, 0.25) is 0 Å². The van der Waals surface area contributed by atoms with Crippen LogP contribution in [-0.4, -0.2) is 19.0 Å². The molecule has 2 nitrogen and oxygen atoms in total. The molecule has 0 heterocycles. The van der Waals surface area contributed by atoms with Crippen LogP contribution in [-0.2, 0) is 9.53 Å². The maximum atomic E-state index is 12.3. The molecule has 114 valence electrons. The molecule has 0 saturated carbocycles. The van der Waals surface area contributed by atoms with E-state index in [9.17, 15) is 4.79 Å². The second-order valence-electron chi connectivity index (χ2n) is 5.82. The number of Topliss-reactive ketones (excluding diaryl/α,β-unsaturated/α-hetero) is 1. The molecular weight excluding hydrogens is 248 g/mol. The number of carbonyl (C=O) groups excluding carboxylic acids is 1. The highest BCUT2D eigenvalue weighted by atomic mass is 16.5. The standard InChI is InChI=1S/C18H30O2/c1-4-5-6-7-8-9-10-14-17(19)18(20-3)16-13-11-12-15(16)2/h11-13,16,18H,4-10,14H2,1-3H3. The Morgan fingerprint density at radius 3 is 2.40 bits per heavy atom. The van der Waals surface area contributed by atoms with Crippen molar-refractivity contribution in [2.45, 2.75) is 71.3 Å². The number of ketones is 1. The highest BCUT2D eigenvalue weighted by molar-refractivity contribution is 5.84. The molecule has 0 spiro atoms. The van der Waals surface area contributed by atoms with Crippen LogP contribution in [0.5, 0.6) is 0 Å². The van der Waals surface area contributed by atoms with Crippen molar-refractivity contribution in [3.63, 3.8) is 0 Å². The highest BCUT2D eigenvalue weighted by Gasteiger charge is 2.28. The Balaban J connectivity index is 2.20. The van der Waals surface area contributed by atoms with Crippen molar-refractivity contribution in [1.82, 2.24) is 0 Å². The minimum absolute atomic E-state index is 0.150. The van der Waals surface area contributed by atoms with Gasteiger partial charge in [0.1, 0.15) is 6.10 Å². The van der Waals surface area contributed by atoms with Gasteiger partial charge in [-0.1, -0.05) is 69.2 Å². The van der Waals surface area contributed by atoms with E-state index in [1.54, 1.807) is 7.11 Å². The molecule has 0 fully saturated rings. The molecule has 1 rings (SSSR count). The summed E-state index contributed by atoms with van der Waals surface area (Å²) in [6, 6.07) is 0. The number of allylic oxidation sites excluding steroid dienone is 2. The van der Waals surface area contributed by atoms with Crippen molar-refractivity contribution in [2.24, 2.45) is 5.92 Å². The minimum atomic E-state index is -0.287. The van der Waals surface area contributed by atoms with Gasteiger partial charge in [0.05, 0.1) is 0 Å². The Morgan fingerprint density at radius 1 is 1.20 bits per heavy atom. The lowest BCUT2D eigenvalue weighted by molar-refractivity contribution is -0.130. The third-order valence-electron chi connectivity index (χ3n) is 4.13. The number of carbonyl (C=O) groups is 1. The number of methoxy groups -OCH3 is 1. The van der Waals surface area contributed by atoms with Crippen molar-refractivity contribution in [3.05, 3.63) is 23.8 Å². The molecule has 20 heavy (non-hydrogen) atoms. The predicted octanol–water partition coefficient (Wildman–Crippen LogP) is 4.84. The predicted molar refractivity (Wildman–Crippen MR) is 84.8 cm³/mol. The summed E-state index contributed by atoms with van der Waals surface area (Å²) in [6.45, 7) is 4.30. The Hall–Kier alpha value is -0.890. The van der Waals surface area contributed by atoms with Gasteiger partial charge in [-0.05, 0) is 13.3 Å². The zero-order chi connectivity index (χ0) is 14.8. The first kappa shape index (κ1) is 17.2. The Bertz CT molecular complexity index is 341. The van der Waals surface area contributed by atoms with Crippen LogP contribution < -0.4 is 0 Å². The zero-order valence-corrected chi connectivity index (χ0v) is 13.4. The van der Waals surface area contributed by atoms with Crippen LogP contribution in [0, 0.1) is 5.92 Å². The first-order valence-electron chi connectivity index (χ1n) is 8.11. The maximum Gasteiger partial charge on any atom is 0.162 e. The summed E-state index contributed by atoms with van der Waals surface area (Å²) in [5, 5.41) is 0. The Labute approximate surface area is 124 Å². The van der Waals surface area contributed by atoms with Gasteiger partial charge in [-0.3, -0.25) is 4.79 Å². The molecule has 0 N–H and O–H groups in total. The van der Waals surface area contributed by atoms with E-state index in [2.05, 4.69) is 26.0 Å². The van der Waals surface area contributed by atoms with Crippen LogP contribution in [0.3, 0.4) is 0 Å². The lowest BCUT2D eigenvalue weighted by atomic mass is 9.92. The SMILES string of the molecule is CCCCCCCCCC(=O)C(OC)C1C=CC=C1C. The van der Waals surface area contributed by atoms with E-state index in [4.69, 9.17) is 4.74 Å². The van der Waals surface area contributed by atoms with Crippen LogP contribution in [0.1, 0.15) is 65.2 Å². The molecule has 0 aromatic heterocycles. The fourth-order valence-corrected chi connectivity index (χ4v) is 2.81. The van der Waals surface area contributed by atoms with Crippen molar-refractivity contribution in [1.29, 1.82) is 0 Å². The molecule has 2 unspecified atom stereocenters. The first-order valence-corrected chi connectivity index (χ1v) is 8.11. The van der Waals surface area contributed by atoms with Gasteiger partial charge < -0.3 is 4.74 Å². The molecule has 2 heteroatoms. The number of hydrogen-bond donors (Lipinski definition) is 0. The molecule has 1 aliphatic carbocycles. The lowest BCUT2D eigenvalue weighted by Gasteiger charge is -2.21. The third-order valence-corrected chi connectivity index (χ3v) is 4.13. The van der Waals surface area contributed by atoms with Crippen LogP contribution >= 0.6 is 0 Å². The second kappa shape index (κ2) is 9.93. The van der Waals surface area contributed by atoms with E-state index in [1.807, 2.05) is 6.08 Å². The van der Waals surface area contributed by atoms with Gasteiger partial charge >= 0.3 is 0 Å². The van der Waals surface area contributed by atoms with E-state index in [-0.39, 0.29) is 17.8 Å². The topological polar surface area (TPSA) is 26.3 Å². The normalized spacial score (nSPS) is 19.1. The molecule has 1 aliphatic rings. The number of rotatable bonds is 11. The van der Waals surface area contributed by atoms with Gasteiger partial charge in [-0.15, -0.1) is 0 Å². The molecular formula is C18H30O2. The van der Waals surface area contributed by atoms with Crippen molar-refractivity contribution in [3.8, 4) is 0 Å². The minimum Gasteiger partial charge on any atom is -0.373 e. The van der Waals surface area contributed by atoms with Gasteiger partial charge in [0.2, 0.25) is 0 Å². The number of unbranched alkanes of at least 4 members (excludes halogenated alkanes) is 6. The fraction of sp³-hybridized carbons (Fsp3) is 0.722. The summed E-state index contributed by atoms with van der Waals surface area (Å²) in [5.74, 6) is 0.405. The van der Waals surface area contributed by atoms with Gasteiger partial charge in [-0.2, -0.15) is 0 Å². The number of hydrogen-bond acceptors (Lipinski definition) is 2. The summed E-state index contributed by atoms with van der Waals surface area (Å²) in [6.07, 6.45) is 15.2. The second-order valence-corrected chi connectivity index (χ2v) is 5.82. The molecule has 0 bridgehead atoms. The van der Waals surface area contributed by atoms with Crippen LogP contribution in [0.15, 0.2) is 23.8 Å². The quantitative estimate of drug-likeness (QED) is 0.505. The molecule has 0 aliphatic heterocycles. The van der Waals surface area contributed by atoms with Gasteiger partial charge in [0, 0.05) is 19.4 Å².